The highest BCUT2D eigenvalue weighted by molar-refractivity contribution is 4.91. The van der Waals surface area contributed by atoms with Crippen LogP contribution in [0.4, 0.5) is 0 Å². The molecule has 2 aliphatic rings. The molecule has 0 aromatic carbocycles. The topological polar surface area (TPSA) is 49.5 Å². The van der Waals surface area contributed by atoms with Crippen LogP contribution in [0, 0.1) is 11.3 Å². The third kappa shape index (κ3) is 3.01. The van der Waals surface area contributed by atoms with Crippen molar-refractivity contribution in [2.24, 2.45) is 17.1 Å². The van der Waals surface area contributed by atoms with Gasteiger partial charge in [-0.25, -0.2) is 0 Å². The number of hydrogen-bond acceptors (Lipinski definition) is 3. The van der Waals surface area contributed by atoms with Gasteiger partial charge >= 0.3 is 0 Å². The van der Waals surface area contributed by atoms with E-state index in [1.54, 1.807) is 0 Å². The molecule has 3 nitrogen and oxygen atoms in total. The molecular formula is C14H28N2O. The van der Waals surface area contributed by atoms with Gasteiger partial charge in [0, 0.05) is 12.6 Å². The first kappa shape index (κ1) is 13.3. The summed E-state index contributed by atoms with van der Waals surface area (Å²) in [7, 11) is 0. The van der Waals surface area contributed by atoms with E-state index in [0.29, 0.717) is 18.1 Å². The second-order valence-corrected chi connectivity index (χ2v) is 6.34. The zero-order valence-corrected chi connectivity index (χ0v) is 11.2. The Labute approximate surface area is 105 Å². The number of nitrogens with zero attached hydrogens (tertiary/aromatic N) is 1. The van der Waals surface area contributed by atoms with Crippen LogP contribution in [0.25, 0.3) is 0 Å². The summed E-state index contributed by atoms with van der Waals surface area (Å²) in [6, 6.07) is 0.401. The number of rotatable bonds is 4. The van der Waals surface area contributed by atoms with Gasteiger partial charge in [0.2, 0.25) is 0 Å². The summed E-state index contributed by atoms with van der Waals surface area (Å²) in [4.78, 5) is 2.49. The number of hydrogen-bond donors (Lipinski definition) is 2. The monoisotopic (exact) mass is 240 g/mol. The van der Waals surface area contributed by atoms with Crippen molar-refractivity contribution >= 4 is 0 Å². The summed E-state index contributed by atoms with van der Waals surface area (Å²) in [5, 5.41) is 9.39. The molecule has 3 N–H and O–H groups in total. The molecule has 1 saturated carbocycles. The smallest absolute Gasteiger partial charge is 0.0586 e. The van der Waals surface area contributed by atoms with Gasteiger partial charge in [-0.05, 0) is 50.1 Å². The van der Waals surface area contributed by atoms with Crippen LogP contribution >= 0.6 is 0 Å². The summed E-state index contributed by atoms with van der Waals surface area (Å²) < 4.78 is 0. The van der Waals surface area contributed by atoms with Crippen molar-refractivity contribution < 1.29 is 5.11 Å². The van der Waals surface area contributed by atoms with E-state index in [4.69, 9.17) is 5.73 Å². The highest BCUT2D eigenvalue weighted by atomic mass is 16.3. The van der Waals surface area contributed by atoms with Crippen molar-refractivity contribution in [2.75, 3.05) is 26.2 Å². The highest BCUT2D eigenvalue weighted by Crippen LogP contribution is 2.39. The van der Waals surface area contributed by atoms with Crippen molar-refractivity contribution in [1.29, 1.82) is 0 Å². The first-order valence-corrected chi connectivity index (χ1v) is 7.24. The minimum atomic E-state index is 0.317. The minimum Gasteiger partial charge on any atom is -0.395 e. The fraction of sp³-hybridized carbons (Fsp3) is 1.00. The molecule has 0 bridgehead atoms. The lowest BCUT2D eigenvalue weighted by atomic mass is 9.70. The Bertz CT molecular complexity index is 236. The van der Waals surface area contributed by atoms with Crippen molar-refractivity contribution in [2.45, 2.75) is 51.5 Å². The first-order chi connectivity index (χ1) is 8.19. The molecule has 17 heavy (non-hydrogen) atoms. The molecule has 1 atom stereocenters. The SMILES string of the molecule is CC1CCC(CN)(CN2CCCC2CO)CC1. The summed E-state index contributed by atoms with van der Waals surface area (Å²) in [5.74, 6) is 0.877. The van der Waals surface area contributed by atoms with Crippen LogP contribution in [0.1, 0.15) is 45.4 Å². The normalized spacial score (nSPS) is 39.7. The average molecular weight is 240 g/mol. The van der Waals surface area contributed by atoms with Crippen LogP contribution in [-0.4, -0.2) is 42.3 Å². The first-order valence-electron chi connectivity index (χ1n) is 7.24. The molecule has 0 amide bonds. The van der Waals surface area contributed by atoms with Gasteiger partial charge < -0.3 is 10.8 Å². The van der Waals surface area contributed by atoms with E-state index < -0.39 is 0 Å². The molecule has 0 aromatic heterocycles. The van der Waals surface area contributed by atoms with Gasteiger partial charge in [-0.15, -0.1) is 0 Å². The fourth-order valence-electron chi connectivity index (χ4n) is 3.54. The number of nitrogens with two attached hydrogens (primary N) is 1. The zero-order chi connectivity index (χ0) is 12.3. The molecule has 100 valence electrons. The third-order valence-corrected chi connectivity index (χ3v) is 5.02. The van der Waals surface area contributed by atoms with E-state index in [-0.39, 0.29) is 0 Å². The quantitative estimate of drug-likeness (QED) is 0.785. The Balaban J connectivity index is 1.94. The predicted molar refractivity (Wildman–Crippen MR) is 70.8 cm³/mol. The lowest BCUT2D eigenvalue weighted by molar-refractivity contribution is 0.0695. The number of aliphatic hydroxyl groups excluding tert-OH is 1. The van der Waals surface area contributed by atoms with Crippen LogP contribution in [0.15, 0.2) is 0 Å². The molecule has 1 aliphatic carbocycles. The van der Waals surface area contributed by atoms with Crippen molar-refractivity contribution in [1.82, 2.24) is 4.90 Å². The largest absolute Gasteiger partial charge is 0.395 e. The number of aliphatic hydroxyl groups is 1. The highest BCUT2D eigenvalue weighted by Gasteiger charge is 2.37. The Kier molecular flexibility index (Phi) is 4.45. The molecule has 0 radical (unpaired) electrons. The molecule has 1 saturated heterocycles. The van der Waals surface area contributed by atoms with Crippen LogP contribution in [-0.2, 0) is 0 Å². The summed E-state index contributed by atoms with van der Waals surface area (Å²) in [6.45, 7) is 5.75. The van der Waals surface area contributed by atoms with Crippen molar-refractivity contribution in [3.05, 3.63) is 0 Å². The maximum Gasteiger partial charge on any atom is 0.0586 e. The van der Waals surface area contributed by atoms with E-state index in [0.717, 1.165) is 32.0 Å². The molecule has 0 spiro atoms. The Morgan fingerprint density at radius 1 is 1.29 bits per heavy atom. The Morgan fingerprint density at radius 3 is 2.59 bits per heavy atom. The van der Waals surface area contributed by atoms with Gasteiger partial charge in [0.05, 0.1) is 6.61 Å². The Hall–Kier alpha value is -0.120. The lowest BCUT2D eigenvalue weighted by Gasteiger charge is -2.42. The minimum absolute atomic E-state index is 0.317. The molecule has 1 unspecified atom stereocenters. The van der Waals surface area contributed by atoms with Crippen molar-refractivity contribution in [3.63, 3.8) is 0 Å². The van der Waals surface area contributed by atoms with Gasteiger partial charge in [-0.1, -0.05) is 19.8 Å². The van der Waals surface area contributed by atoms with E-state index >= 15 is 0 Å². The van der Waals surface area contributed by atoms with E-state index in [1.165, 1.54) is 32.1 Å². The maximum absolute atomic E-state index is 9.39. The van der Waals surface area contributed by atoms with E-state index in [9.17, 15) is 5.11 Å². The van der Waals surface area contributed by atoms with Crippen molar-refractivity contribution in [3.8, 4) is 0 Å². The van der Waals surface area contributed by atoms with Crippen LogP contribution in [0.3, 0.4) is 0 Å². The Morgan fingerprint density at radius 2 is 2.00 bits per heavy atom. The van der Waals surface area contributed by atoms with Gasteiger partial charge in [0.25, 0.3) is 0 Å². The van der Waals surface area contributed by atoms with Gasteiger partial charge in [0.1, 0.15) is 0 Å². The molecular weight excluding hydrogens is 212 g/mol. The molecule has 3 heteroatoms. The molecule has 1 aliphatic heterocycles. The summed E-state index contributed by atoms with van der Waals surface area (Å²) in [6.07, 6.45) is 7.61. The van der Waals surface area contributed by atoms with Gasteiger partial charge in [0.15, 0.2) is 0 Å². The standard InChI is InChI=1S/C14H28N2O/c1-12-4-6-14(10-15,7-5-12)11-16-8-2-3-13(16)9-17/h12-13,17H,2-11,15H2,1H3. The van der Waals surface area contributed by atoms with E-state index in [2.05, 4.69) is 11.8 Å². The summed E-state index contributed by atoms with van der Waals surface area (Å²) >= 11 is 0. The average Bonchev–Trinajstić information content (AvgIpc) is 2.79. The van der Waals surface area contributed by atoms with Crippen LogP contribution in [0.2, 0.25) is 0 Å². The van der Waals surface area contributed by atoms with E-state index in [1.807, 2.05) is 0 Å². The van der Waals surface area contributed by atoms with Gasteiger partial charge in [-0.3, -0.25) is 4.90 Å². The molecule has 2 fully saturated rings. The third-order valence-electron chi connectivity index (χ3n) is 5.02. The lowest BCUT2D eigenvalue weighted by Crippen LogP contribution is -2.47. The maximum atomic E-state index is 9.39. The summed E-state index contributed by atoms with van der Waals surface area (Å²) in [5.41, 5.74) is 6.40. The van der Waals surface area contributed by atoms with Crippen LogP contribution in [0.5, 0.6) is 0 Å². The molecule has 1 heterocycles. The van der Waals surface area contributed by atoms with Gasteiger partial charge in [-0.2, -0.15) is 0 Å². The second-order valence-electron chi connectivity index (χ2n) is 6.34. The number of likely N-dealkylation sites (tertiary alicyclic amines) is 1. The molecule has 2 rings (SSSR count). The zero-order valence-electron chi connectivity index (χ0n) is 11.2. The predicted octanol–water partition coefficient (Wildman–Crippen LogP) is 1.60. The van der Waals surface area contributed by atoms with Crippen LogP contribution < -0.4 is 5.73 Å². The fourth-order valence-corrected chi connectivity index (χ4v) is 3.54. The second kappa shape index (κ2) is 5.68. The molecule has 0 aromatic rings.